The number of carbonyl (C=O) groups is 1. The highest BCUT2D eigenvalue weighted by atomic mass is 35.5. The Morgan fingerprint density at radius 1 is 1.33 bits per heavy atom. The second-order valence-corrected chi connectivity index (χ2v) is 5.27. The first kappa shape index (κ1) is 15.7. The number of hydrogen-bond donors (Lipinski definition) is 1. The van der Waals surface area contributed by atoms with Crippen LogP contribution in [0.3, 0.4) is 0 Å². The van der Waals surface area contributed by atoms with Gasteiger partial charge >= 0.3 is 0 Å². The first-order chi connectivity index (χ1) is 10.2. The summed E-state index contributed by atoms with van der Waals surface area (Å²) < 4.78 is 0. The number of aromatic nitrogens is 1. The molecular weight excluding hydrogens is 288 g/mol. The number of rotatable bonds is 6. The number of para-hydroxylation sites is 1. The summed E-state index contributed by atoms with van der Waals surface area (Å²) in [6.45, 7) is 2.98. The van der Waals surface area contributed by atoms with Crippen LogP contribution in [0.2, 0.25) is 5.15 Å². The highest BCUT2D eigenvalue weighted by molar-refractivity contribution is 6.30. The van der Waals surface area contributed by atoms with E-state index < -0.39 is 0 Å². The normalized spacial score (nSPS) is 10.8. The molecule has 0 aliphatic carbocycles. The molecule has 0 radical (unpaired) electrons. The zero-order valence-electron chi connectivity index (χ0n) is 12.1. The monoisotopic (exact) mass is 306 g/mol. The largest absolute Gasteiger partial charge is 0.395 e. The van der Waals surface area contributed by atoms with Crippen molar-refractivity contribution in [2.75, 3.05) is 19.7 Å². The van der Waals surface area contributed by atoms with Crippen molar-refractivity contribution < 1.29 is 9.90 Å². The van der Waals surface area contributed by atoms with Crippen LogP contribution in [0.25, 0.3) is 10.9 Å². The Kier molecular flexibility index (Phi) is 5.53. The molecule has 0 bridgehead atoms. The molecule has 0 fully saturated rings. The zero-order valence-corrected chi connectivity index (χ0v) is 12.8. The van der Waals surface area contributed by atoms with Crippen molar-refractivity contribution in [2.45, 2.75) is 19.8 Å². The molecule has 0 saturated heterocycles. The Labute approximate surface area is 129 Å². The smallest absolute Gasteiger partial charge is 0.254 e. The molecule has 112 valence electrons. The predicted octanol–water partition coefficient (Wildman–Crippen LogP) is 3.12. The first-order valence-corrected chi connectivity index (χ1v) is 7.50. The highest BCUT2D eigenvalue weighted by Gasteiger charge is 2.18. The van der Waals surface area contributed by atoms with Crippen molar-refractivity contribution in [2.24, 2.45) is 0 Å². The third-order valence-electron chi connectivity index (χ3n) is 3.35. The van der Waals surface area contributed by atoms with Gasteiger partial charge in [-0.3, -0.25) is 4.79 Å². The van der Waals surface area contributed by atoms with Crippen LogP contribution < -0.4 is 0 Å². The van der Waals surface area contributed by atoms with Gasteiger partial charge in [0, 0.05) is 18.5 Å². The van der Waals surface area contributed by atoms with E-state index in [1.807, 2.05) is 24.3 Å². The average molecular weight is 307 g/mol. The molecule has 0 spiro atoms. The van der Waals surface area contributed by atoms with E-state index in [0.29, 0.717) is 29.3 Å². The molecule has 0 aliphatic rings. The maximum Gasteiger partial charge on any atom is 0.254 e. The minimum absolute atomic E-state index is 0.0494. The van der Waals surface area contributed by atoms with Crippen LogP contribution in [0.15, 0.2) is 30.3 Å². The molecule has 5 heteroatoms. The SMILES string of the molecule is CCCCN(CCO)C(=O)c1cc(Cl)nc2ccccc12. The molecule has 1 amide bonds. The number of halogens is 1. The number of aliphatic hydroxyl groups is 1. The number of fused-ring (bicyclic) bond motifs is 1. The summed E-state index contributed by atoms with van der Waals surface area (Å²) in [5, 5.41) is 10.3. The van der Waals surface area contributed by atoms with E-state index in [4.69, 9.17) is 16.7 Å². The molecular formula is C16H19ClN2O2. The molecule has 1 heterocycles. The summed E-state index contributed by atoms with van der Waals surface area (Å²) in [4.78, 5) is 18.6. The van der Waals surface area contributed by atoms with Crippen LogP contribution in [0.5, 0.6) is 0 Å². The first-order valence-electron chi connectivity index (χ1n) is 7.12. The molecule has 0 saturated carbocycles. The Morgan fingerprint density at radius 2 is 2.10 bits per heavy atom. The lowest BCUT2D eigenvalue weighted by Crippen LogP contribution is -2.34. The van der Waals surface area contributed by atoms with E-state index in [0.717, 1.165) is 18.2 Å². The number of amides is 1. The standard InChI is InChI=1S/C16H19ClN2O2/c1-2-3-8-19(9-10-20)16(21)13-11-15(17)18-14-7-5-4-6-12(13)14/h4-7,11,20H,2-3,8-10H2,1H3. The van der Waals surface area contributed by atoms with Crippen molar-refractivity contribution in [3.8, 4) is 0 Å². The van der Waals surface area contributed by atoms with Crippen LogP contribution >= 0.6 is 11.6 Å². The number of aliphatic hydroxyl groups excluding tert-OH is 1. The van der Waals surface area contributed by atoms with Gasteiger partial charge in [-0.2, -0.15) is 0 Å². The Morgan fingerprint density at radius 3 is 2.81 bits per heavy atom. The van der Waals surface area contributed by atoms with Crippen LogP contribution in [0, 0.1) is 0 Å². The maximum atomic E-state index is 12.7. The van der Waals surface area contributed by atoms with Gasteiger partial charge in [0.1, 0.15) is 5.15 Å². The van der Waals surface area contributed by atoms with E-state index in [2.05, 4.69) is 11.9 Å². The second-order valence-electron chi connectivity index (χ2n) is 4.88. The fourth-order valence-corrected chi connectivity index (χ4v) is 2.48. The number of benzene rings is 1. The van der Waals surface area contributed by atoms with E-state index in [9.17, 15) is 4.79 Å². The molecule has 0 aliphatic heterocycles. The van der Waals surface area contributed by atoms with Gasteiger partial charge in [0.2, 0.25) is 0 Å². The topological polar surface area (TPSA) is 53.4 Å². The number of pyridine rings is 1. The molecule has 1 aromatic heterocycles. The van der Waals surface area contributed by atoms with Gasteiger partial charge in [-0.25, -0.2) is 4.98 Å². The molecule has 2 rings (SSSR count). The summed E-state index contributed by atoms with van der Waals surface area (Å²) in [6, 6.07) is 9.03. The van der Waals surface area contributed by atoms with Crippen molar-refractivity contribution in [3.63, 3.8) is 0 Å². The molecule has 0 atom stereocenters. The van der Waals surface area contributed by atoms with E-state index in [-0.39, 0.29) is 12.5 Å². The molecule has 2 aromatic rings. The molecule has 1 N–H and O–H groups in total. The van der Waals surface area contributed by atoms with Crippen molar-refractivity contribution in [1.82, 2.24) is 9.88 Å². The van der Waals surface area contributed by atoms with Gasteiger partial charge in [-0.15, -0.1) is 0 Å². The number of hydrogen-bond acceptors (Lipinski definition) is 3. The van der Waals surface area contributed by atoms with Gasteiger partial charge in [0.15, 0.2) is 0 Å². The summed E-state index contributed by atoms with van der Waals surface area (Å²) in [5.74, 6) is -0.113. The lowest BCUT2D eigenvalue weighted by Gasteiger charge is -2.22. The third kappa shape index (κ3) is 3.71. The maximum absolute atomic E-state index is 12.7. The van der Waals surface area contributed by atoms with E-state index in [1.165, 1.54) is 0 Å². The minimum atomic E-state index is -0.113. The summed E-state index contributed by atoms with van der Waals surface area (Å²) in [6.07, 6.45) is 1.90. The van der Waals surface area contributed by atoms with Crippen molar-refractivity contribution in [3.05, 3.63) is 41.0 Å². The van der Waals surface area contributed by atoms with E-state index >= 15 is 0 Å². The zero-order chi connectivity index (χ0) is 15.2. The van der Waals surface area contributed by atoms with Gasteiger partial charge in [0.25, 0.3) is 5.91 Å². The molecule has 21 heavy (non-hydrogen) atoms. The Hall–Kier alpha value is -1.65. The number of unbranched alkanes of at least 4 members (excludes halogenated alkanes) is 1. The molecule has 4 nitrogen and oxygen atoms in total. The Bertz CT molecular complexity index is 631. The summed E-state index contributed by atoms with van der Waals surface area (Å²) in [7, 11) is 0. The van der Waals surface area contributed by atoms with Crippen LogP contribution in [0.1, 0.15) is 30.1 Å². The quantitative estimate of drug-likeness (QED) is 0.834. The van der Waals surface area contributed by atoms with E-state index in [1.54, 1.807) is 11.0 Å². The van der Waals surface area contributed by atoms with Crippen molar-refractivity contribution in [1.29, 1.82) is 0 Å². The fraction of sp³-hybridized carbons (Fsp3) is 0.375. The van der Waals surface area contributed by atoms with Gasteiger partial charge in [-0.1, -0.05) is 43.1 Å². The second kappa shape index (κ2) is 7.38. The van der Waals surface area contributed by atoms with Gasteiger partial charge in [0.05, 0.1) is 17.7 Å². The predicted molar refractivity (Wildman–Crippen MR) is 84.7 cm³/mol. The number of nitrogens with zero attached hydrogens (tertiary/aromatic N) is 2. The number of carbonyl (C=O) groups excluding carboxylic acids is 1. The van der Waals surface area contributed by atoms with Crippen LogP contribution in [-0.4, -0.2) is 40.6 Å². The lowest BCUT2D eigenvalue weighted by molar-refractivity contribution is 0.0721. The van der Waals surface area contributed by atoms with Crippen molar-refractivity contribution >= 4 is 28.4 Å². The molecule has 0 unspecified atom stereocenters. The summed E-state index contributed by atoms with van der Waals surface area (Å²) >= 11 is 6.02. The molecule has 1 aromatic carbocycles. The Balaban J connectivity index is 2.41. The minimum Gasteiger partial charge on any atom is -0.395 e. The van der Waals surface area contributed by atoms with Gasteiger partial charge < -0.3 is 10.0 Å². The average Bonchev–Trinajstić information content (AvgIpc) is 2.50. The highest BCUT2D eigenvalue weighted by Crippen LogP contribution is 2.22. The van der Waals surface area contributed by atoms with Crippen LogP contribution in [0.4, 0.5) is 0 Å². The lowest BCUT2D eigenvalue weighted by atomic mass is 10.1. The third-order valence-corrected chi connectivity index (χ3v) is 3.55. The van der Waals surface area contributed by atoms with Gasteiger partial charge in [-0.05, 0) is 18.6 Å². The van der Waals surface area contributed by atoms with Crippen LogP contribution in [-0.2, 0) is 0 Å². The summed E-state index contributed by atoms with van der Waals surface area (Å²) in [5.41, 5.74) is 1.24. The fourth-order valence-electron chi connectivity index (χ4n) is 2.27.